The van der Waals surface area contributed by atoms with Gasteiger partial charge in [0.25, 0.3) is 0 Å². The van der Waals surface area contributed by atoms with Crippen molar-refractivity contribution in [1.29, 1.82) is 0 Å². The largest absolute Gasteiger partial charge is 0.394 e. The van der Waals surface area contributed by atoms with Gasteiger partial charge in [-0.15, -0.1) is 0 Å². The molecule has 0 aliphatic carbocycles. The van der Waals surface area contributed by atoms with Crippen LogP contribution < -0.4 is 5.32 Å². The van der Waals surface area contributed by atoms with E-state index in [9.17, 15) is 61.0 Å². The Bertz CT molecular complexity index is 1920. The van der Waals surface area contributed by atoms with E-state index < -0.39 is 124 Å². The van der Waals surface area contributed by atoms with Gasteiger partial charge in [0.15, 0.2) is 18.9 Å². The highest BCUT2D eigenvalue weighted by atomic mass is 16.8. The number of aliphatic hydroxyl groups excluding tert-OH is 11. The van der Waals surface area contributed by atoms with Crippen molar-refractivity contribution in [3.8, 4) is 0 Å². The number of amides is 1. The van der Waals surface area contributed by atoms with Crippen molar-refractivity contribution < 1.29 is 89.4 Å². The summed E-state index contributed by atoms with van der Waals surface area (Å²) in [6.07, 6.45) is 43.0. The lowest BCUT2D eigenvalue weighted by atomic mass is 9.96. The molecule has 17 atom stereocenters. The first kappa shape index (κ1) is 84.7. The summed E-state index contributed by atoms with van der Waals surface area (Å²) < 4.78 is 34.2. The highest BCUT2D eigenvalue weighted by molar-refractivity contribution is 5.76. The van der Waals surface area contributed by atoms with E-state index >= 15 is 0 Å². The Morgan fingerprint density at radius 2 is 0.742 bits per heavy atom. The Morgan fingerprint density at radius 1 is 0.398 bits per heavy atom. The zero-order valence-electron chi connectivity index (χ0n) is 57.5. The number of aliphatic hydroxyl groups is 11. The van der Waals surface area contributed by atoms with E-state index in [1.165, 1.54) is 161 Å². The highest BCUT2D eigenvalue weighted by Crippen LogP contribution is 2.33. The van der Waals surface area contributed by atoms with Gasteiger partial charge in [-0.2, -0.15) is 0 Å². The molecule has 19 nitrogen and oxygen atoms in total. The Hall–Kier alpha value is -2.51. The molecule has 3 heterocycles. The molecular formula is C74H133NO18. The molecule has 0 aromatic heterocycles. The van der Waals surface area contributed by atoms with Crippen LogP contribution >= 0.6 is 0 Å². The molecular weight excluding hydrogens is 1190 g/mol. The van der Waals surface area contributed by atoms with E-state index in [1.807, 2.05) is 6.08 Å². The van der Waals surface area contributed by atoms with Crippen LogP contribution in [0.4, 0.5) is 0 Å². The molecule has 3 rings (SSSR count). The lowest BCUT2D eigenvalue weighted by molar-refractivity contribution is -0.379. The van der Waals surface area contributed by atoms with Crippen molar-refractivity contribution in [2.75, 3.05) is 26.4 Å². The van der Waals surface area contributed by atoms with Crippen LogP contribution in [0.1, 0.15) is 271 Å². The van der Waals surface area contributed by atoms with Crippen LogP contribution in [0.2, 0.25) is 0 Å². The number of allylic oxidation sites excluding steroid dienone is 9. The lowest BCUT2D eigenvalue weighted by Gasteiger charge is -2.48. The SMILES string of the molecule is CC/C=C\C/C=C\C/C=C\C/C=C\CCCCCCCCCCCCCCCCCCCCCCCCCCCCCCC(=O)NC(COC1OC(CO)C(OC2OC(CO)C(OC3OC(CO)C(O)C(O)C3O)C(O)C2O)C(O)C1O)C(O)/C=C/CCCCCCC. The van der Waals surface area contributed by atoms with Crippen LogP contribution in [0.25, 0.3) is 0 Å². The Morgan fingerprint density at radius 3 is 1.16 bits per heavy atom. The van der Waals surface area contributed by atoms with Crippen LogP contribution in [0.3, 0.4) is 0 Å². The number of ether oxygens (including phenoxy) is 6. The summed E-state index contributed by atoms with van der Waals surface area (Å²) in [5, 5.41) is 120. The highest BCUT2D eigenvalue weighted by Gasteiger charge is 2.53. The van der Waals surface area contributed by atoms with E-state index in [1.54, 1.807) is 6.08 Å². The monoisotopic (exact) mass is 1320 g/mol. The van der Waals surface area contributed by atoms with Crippen LogP contribution in [-0.2, 0) is 33.2 Å². The minimum absolute atomic E-state index is 0.245. The molecule has 19 heteroatoms. The second kappa shape index (κ2) is 55.4. The molecule has 0 spiro atoms. The summed E-state index contributed by atoms with van der Waals surface area (Å²) in [7, 11) is 0. The fourth-order valence-corrected chi connectivity index (χ4v) is 12.4. The third kappa shape index (κ3) is 36.8. The Balaban J connectivity index is 1.22. The molecule has 0 aromatic carbocycles. The van der Waals surface area contributed by atoms with Gasteiger partial charge in [0.2, 0.25) is 5.91 Å². The fraction of sp³-hybridized carbons (Fsp3) is 0.851. The average Bonchev–Trinajstić information content (AvgIpc) is 0.798. The zero-order chi connectivity index (χ0) is 67.5. The van der Waals surface area contributed by atoms with Crippen molar-refractivity contribution in [2.24, 2.45) is 0 Å². The number of carbonyl (C=O) groups excluding carboxylic acids is 1. The minimum atomic E-state index is -1.98. The lowest BCUT2D eigenvalue weighted by Crippen LogP contribution is -2.66. The van der Waals surface area contributed by atoms with Gasteiger partial charge in [-0.25, -0.2) is 0 Å². The molecule has 3 aliphatic rings. The number of hydrogen-bond acceptors (Lipinski definition) is 18. The van der Waals surface area contributed by atoms with Gasteiger partial charge in [-0.05, 0) is 57.8 Å². The van der Waals surface area contributed by atoms with Gasteiger partial charge in [0.05, 0.1) is 38.6 Å². The van der Waals surface area contributed by atoms with Crippen molar-refractivity contribution in [2.45, 2.75) is 375 Å². The summed E-state index contributed by atoms with van der Waals surface area (Å²) in [4.78, 5) is 13.3. The van der Waals surface area contributed by atoms with Crippen molar-refractivity contribution in [3.05, 3.63) is 60.8 Å². The molecule has 3 saturated heterocycles. The summed E-state index contributed by atoms with van der Waals surface area (Å²) in [6.45, 7) is 1.55. The van der Waals surface area contributed by atoms with E-state index in [0.717, 1.165) is 83.5 Å². The molecule has 3 aliphatic heterocycles. The van der Waals surface area contributed by atoms with Gasteiger partial charge in [-0.3, -0.25) is 4.79 Å². The third-order valence-electron chi connectivity index (χ3n) is 18.3. The maximum absolute atomic E-state index is 13.3. The summed E-state index contributed by atoms with van der Waals surface area (Å²) in [5.74, 6) is -0.277. The molecule has 0 bridgehead atoms. The predicted octanol–water partition coefficient (Wildman–Crippen LogP) is 10.7. The first-order valence-corrected chi connectivity index (χ1v) is 37.0. The van der Waals surface area contributed by atoms with E-state index in [-0.39, 0.29) is 18.9 Å². The van der Waals surface area contributed by atoms with E-state index in [2.05, 4.69) is 67.8 Å². The number of nitrogens with one attached hydrogen (secondary N) is 1. The van der Waals surface area contributed by atoms with Gasteiger partial charge in [0, 0.05) is 6.42 Å². The maximum Gasteiger partial charge on any atom is 0.220 e. The smallest absolute Gasteiger partial charge is 0.220 e. The van der Waals surface area contributed by atoms with Crippen LogP contribution in [-0.4, -0.2) is 193 Å². The normalized spacial score (nSPS) is 27.9. The van der Waals surface area contributed by atoms with Crippen molar-refractivity contribution in [3.63, 3.8) is 0 Å². The van der Waals surface area contributed by atoms with Gasteiger partial charge < -0.3 is 89.9 Å². The average molecular weight is 1320 g/mol. The number of carbonyl (C=O) groups is 1. The molecule has 17 unspecified atom stereocenters. The second-order valence-electron chi connectivity index (χ2n) is 26.4. The molecule has 12 N–H and O–H groups in total. The minimum Gasteiger partial charge on any atom is -0.394 e. The van der Waals surface area contributed by atoms with Gasteiger partial charge >= 0.3 is 0 Å². The topological polar surface area (TPSA) is 307 Å². The molecule has 0 radical (unpaired) electrons. The summed E-state index contributed by atoms with van der Waals surface area (Å²) >= 11 is 0. The first-order chi connectivity index (χ1) is 45.3. The maximum atomic E-state index is 13.3. The fourth-order valence-electron chi connectivity index (χ4n) is 12.4. The van der Waals surface area contributed by atoms with Gasteiger partial charge in [-0.1, -0.05) is 267 Å². The summed E-state index contributed by atoms with van der Waals surface area (Å²) in [6, 6.07) is -0.969. The Kier molecular flexibility index (Phi) is 50.4. The third-order valence-corrected chi connectivity index (χ3v) is 18.3. The van der Waals surface area contributed by atoms with Crippen LogP contribution in [0, 0.1) is 0 Å². The predicted molar refractivity (Wildman–Crippen MR) is 365 cm³/mol. The molecule has 542 valence electrons. The Labute approximate surface area is 560 Å². The molecule has 0 saturated carbocycles. The quantitative estimate of drug-likeness (QED) is 0.0199. The molecule has 93 heavy (non-hydrogen) atoms. The molecule has 0 aromatic rings. The molecule has 3 fully saturated rings. The number of hydrogen-bond donors (Lipinski definition) is 12. The number of unbranched alkanes of at least 4 members (excludes halogenated alkanes) is 33. The van der Waals surface area contributed by atoms with Crippen LogP contribution in [0.5, 0.6) is 0 Å². The second-order valence-corrected chi connectivity index (χ2v) is 26.4. The summed E-state index contributed by atoms with van der Waals surface area (Å²) in [5.41, 5.74) is 0. The van der Waals surface area contributed by atoms with Gasteiger partial charge in [0.1, 0.15) is 73.2 Å². The standard InChI is InChI=1S/C74H133NO18/c1-3-5-7-9-11-12-13-14-15-16-17-18-19-20-21-22-23-24-25-26-27-28-29-30-31-32-33-34-35-36-37-38-39-40-41-42-43-44-46-48-50-52-62(80)75-57(58(79)51-49-47-45-10-8-6-4-2)56-88-72-68(86)65(83)70(60(54-77)90-72)93-74-69(87)66(84)71(61(55-78)91-74)92-73-67(85)64(82)63(81)59(53-76)89-73/h5,7,11-12,14-15,17-18,49,51,57-61,63-74,76-79,81-87H,3-4,6,8-10,13,16,19-48,50,52-56H2,1-2H3,(H,75,80)/b7-5-,12-11-,15-14-,18-17-,51-49+. The van der Waals surface area contributed by atoms with Crippen molar-refractivity contribution >= 4 is 5.91 Å². The first-order valence-electron chi connectivity index (χ1n) is 37.0. The van der Waals surface area contributed by atoms with Crippen LogP contribution in [0.15, 0.2) is 60.8 Å². The number of rotatable bonds is 57. The van der Waals surface area contributed by atoms with E-state index in [0.29, 0.717) is 6.42 Å². The van der Waals surface area contributed by atoms with Crippen molar-refractivity contribution in [1.82, 2.24) is 5.32 Å². The zero-order valence-corrected chi connectivity index (χ0v) is 57.5. The molecule has 1 amide bonds. The van der Waals surface area contributed by atoms with E-state index in [4.69, 9.17) is 28.4 Å².